The number of nitrogens with zero attached hydrogens (tertiary/aromatic N) is 1. The Bertz CT molecular complexity index is 838. The monoisotopic (exact) mass is 360 g/mol. The summed E-state index contributed by atoms with van der Waals surface area (Å²) in [6.07, 6.45) is 1.08. The Morgan fingerprint density at radius 1 is 1.28 bits per heavy atom. The lowest BCUT2D eigenvalue weighted by atomic mass is 10.0. The highest BCUT2D eigenvalue weighted by atomic mass is 35.5. The molecule has 1 aliphatic heterocycles. The van der Waals surface area contributed by atoms with Crippen LogP contribution in [-0.4, -0.2) is 18.4 Å². The number of rotatable bonds is 4. The van der Waals surface area contributed by atoms with Crippen LogP contribution in [0.15, 0.2) is 36.4 Å². The van der Waals surface area contributed by atoms with Crippen molar-refractivity contribution in [1.82, 2.24) is 5.32 Å². The second kappa shape index (κ2) is 7.23. The molecule has 1 N–H and O–H groups in total. The van der Waals surface area contributed by atoms with Gasteiger partial charge in [-0.3, -0.25) is 9.59 Å². The summed E-state index contributed by atoms with van der Waals surface area (Å²) in [5, 5.41) is 3.09. The molecule has 0 unspecified atom stereocenters. The molecule has 6 heteroatoms. The third kappa shape index (κ3) is 3.51. The number of carbonyl (C=O) groups is 2. The zero-order chi connectivity index (χ0) is 18.0. The number of fused-ring (bicyclic) bond motifs is 1. The van der Waals surface area contributed by atoms with Crippen LogP contribution in [0.1, 0.15) is 34.8 Å². The van der Waals surface area contributed by atoms with Gasteiger partial charge in [0.05, 0.1) is 0 Å². The van der Waals surface area contributed by atoms with E-state index in [1.54, 1.807) is 23.1 Å². The highest BCUT2D eigenvalue weighted by Gasteiger charge is 2.27. The number of amides is 2. The number of nitrogens with one attached hydrogen (secondary N) is 1. The summed E-state index contributed by atoms with van der Waals surface area (Å²) >= 11 is 5.99. The molecule has 1 heterocycles. The molecule has 0 aliphatic carbocycles. The van der Waals surface area contributed by atoms with Gasteiger partial charge >= 0.3 is 0 Å². The van der Waals surface area contributed by atoms with E-state index in [0.717, 1.165) is 11.3 Å². The highest BCUT2D eigenvalue weighted by molar-refractivity contribution is 6.31. The average Bonchev–Trinajstić information content (AvgIpc) is 3.04. The van der Waals surface area contributed by atoms with Crippen LogP contribution in [0.25, 0.3) is 0 Å². The lowest BCUT2D eigenvalue weighted by molar-refractivity contribution is -0.118. The predicted molar refractivity (Wildman–Crippen MR) is 95.4 cm³/mol. The van der Waals surface area contributed by atoms with Crippen LogP contribution in [0.4, 0.5) is 10.1 Å². The molecule has 0 radical (unpaired) electrons. The van der Waals surface area contributed by atoms with Gasteiger partial charge in [0.1, 0.15) is 5.82 Å². The van der Waals surface area contributed by atoms with E-state index in [0.29, 0.717) is 30.5 Å². The molecular formula is C19H18ClFN2O2. The van der Waals surface area contributed by atoms with Crippen molar-refractivity contribution in [2.24, 2.45) is 0 Å². The van der Waals surface area contributed by atoms with Crippen LogP contribution >= 0.6 is 11.6 Å². The van der Waals surface area contributed by atoms with Gasteiger partial charge in [-0.1, -0.05) is 30.7 Å². The Balaban J connectivity index is 1.77. The van der Waals surface area contributed by atoms with Gasteiger partial charge in [0.15, 0.2) is 0 Å². The van der Waals surface area contributed by atoms with Crippen molar-refractivity contribution in [3.8, 4) is 0 Å². The Hall–Kier alpha value is -2.40. The number of hydrogen-bond acceptors (Lipinski definition) is 2. The summed E-state index contributed by atoms with van der Waals surface area (Å²) < 4.78 is 13.1. The van der Waals surface area contributed by atoms with Gasteiger partial charge in [-0.2, -0.15) is 0 Å². The molecule has 3 rings (SSSR count). The van der Waals surface area contributed by atoms with E-state index in [4.69, 9.17) is 11.6 Å². The summed E-state index contributed by atoms with van der Waals surface area (Å²) in [6.45, 7) is 2.62. The van der Waals surface area contributed by atoms with Crippen LogP contribution in [0.2, 0.25) is 5.02 Å². The molecule has 2 aromatic carbocycles. The molecule has 0 saturated heterocycles. The zero-order valence-corrected chi connectivity index (χ0v) is 14.6. The summed E-state index contributed by atoms with van der Waals surface area (Å²) in [7, 11) is 0. The van der Waals surface area contributed by atoms with E-state index in [-0.39, 0.29) is 23.4 Å². The SMILES string of the molecule is CCC(=O)N1CCc2c(C(=O)NCc3ccc(F)cc3Cl)cccc21. The lowest BCUT2D eigenvalue weighted by Crippen LogP contribution is -2.27. The second-order valence-electron chi connectivity index (χ2n) is 5.87. The first-order valence-electron chi connectivity index (χ1n) is 8.15. The number of halogens is 2. The van der Waals surface area contributed by atoms with Gasteiger partial charge in [0, 0.05) is 35.8 Å². The number of carbonyl (C=O) groups excluding carboxylic acids is 2. The fourth-order valence-electron chi connectivity index (χ4n) is 3.03. The summed E-state index contributed by atoms with van der Waals surface area (Å²) in [5.74, 6) is -0.598. The van der Waals surface area contributed by atoms with Gasteiger partial charge in [-0.05, 0) is 41.8 Å². The molecule has 0 bridgehead atoms. The van der Waals surface area contributed by atoms with E-state index < -0.39 is 5.82 Å². The van der Waals surface area contributed by atoms with E-state index >= 15 is 0 Å². The van der Waals surface area contributed by atoms with Crippen molar-refractivity contribution >= 4 is 29.1 Å². The molecule has 0 atom stereocenters. The minimum atomic E-state index is -0.415. The molecular weight excluding hydrogens is 343 g/mol. The number of hydrogen-bond donors (Lipinski definition) is 1. The topological polar surface area (TPSA) is 49.4 Å². The van der Waals surface area contributed by atoms with Crippen molar-refractivity contribution in [1.29, 1.82) is 0 Å². The molecule has 0 saturated carbocycles. The molecule has 1 aliphatic rings. The van der Waals surface area contributed by atoms with Gasteiger partial charge in [-0.25, -0.2) is 4.39 Å². The largest absolute Gasteiger partial charge is 0.348 e. The Morgan fingerprint density at radius 3 is 2.80 bits per heavy atom. The summed E-state index contributed by atoms with van der Waals surface area (Å²) in [5.41, 5.74) is 2.89. The molecule has 2 aromatic rings. The average molecular weight is 361 g/mol. The third-order valence-electron chi connectivity index (χ3n) is 4.33. The van der Waals surface area contributed by atoms with Crippen LogP contribution in [-0.2, 0) is 17.8 Å². The Labute approximate surface area is 150 Å². The Morgan fingerprint density at radius 2 is 2.08 bits per heavy atom. The van der Waals surface area contributed by atoms with E-state index in [1.165, 1.54) is 12.1 Å². The molecule has 25 heavy (non-hydrogen) atoms. The fourth-order valence-corrected chi connectivity index (χ4v) is 3.27. The van der Waals surface area contributed by atoms with Gasteiger partial charge in [0.25, 0.3) is 5.91 Å². The first-order chi connectivity index (χ1) is 12.0. The lowest BCUT2D eigenvalue weighted by Gasteiger charge is -2.17. The maximum absolute atomic E-state index is 13.1. The maximum atomic E-state index is 13.1. The molecule has 2 amide bonds. The summed E-state index contributed by atoms with van der Waals surface area (Å²) in [4.78, 5) is 26.3. The highest BCUT2D eigenvalue weighted by Crippen LogP contribution is 2.31. The smallest absolute Gasteiger partial charge is 0.251 e. The first kappa shape index (κ1) is 17.4. The second-order valence-corrected chi connectivity index (χ2v) is 6.28. The summed E-state index contributed by atoms with van der Waals surface area (Å²) in [6, 6.07) is 9.47. The normalized spacial score (nSPS) is 12.8. The quantitative estimate of drug-likeness (QED) is 0.903. The maximum Gasteiger partial charge on any atom is 0.251 e. The van der Waals surface area contributed by atoms with Crippen molar-refractivity contribution in [2.45, 2.75) is 26.3 Å². The van der Waals surface area contributed by atoms with Gasteiger partial charge in [0.2, 0.25) is 5.91 Å². The number of benzene rings is 2. The fraction of sp³-hybridized carbons (Fsp3) is 0.263. The van der Waals surface area contributed by atoms with E-state index in [2.05, 4.69) is 5.32 Å². The van der Waals surface area contributed by atoms with Crippen LogP contribution in [0.3, 0.4) is 0 Å². The van der Waals surface area contributed by atoms with Crippen molar-refractivity contribution in [3.05, 3.63) is 63.9 Å². The zero-order valence-electron chi connectivity index (χ0n) is 13.8. The van der Waals surface area contributed by atoms with Gasteiger partial charge < -0.3 is 10.2 Å². The standard InChI is InChI=1S/C19H18ClFN2O2/c1-2-18(24)23-9-8-14-15(4-3-5-17(14)23)19(25)22-11-12-6-7-13(21)10-16(12)20/h3-7,10H,2,8-9,11H2,1H3,(H,22,25). The third-order valence-corrected chi connectivity index (χ3v) is 4.68. The first-order valence-corrected chi connectivity index (χ1v) is 8.53. The predicted octanol–water partition coefficient (Wildman–Crippen LogP) is 3.71. The molecule has 130 valence electrons. The molecule has 0 spiro atoms. The Kier molecular flexibility index (Phi) is 5.04. The van der Waals surface area contributed by atoms with Crippen LogP contribution in [0, 0.1) is 5.82 Å². The van der Waals surface area contributed by atoms with Crippen molar-refractivity contribution in [2.75, 3.05) is 11.4 Å². The van der Waals surface area contributed by atoms with E-state index in [1.807, 2.05) is 13.0 Å². The van der Waals surface area contributed by atoms with Gasteiger partial charge in [-0.15, -0.1) is 0 Å². The minimum absolute atomic E-state index is 0.0504. The minimum Gasteiger partial charge on any atom is -0.348 e. The molecule has 0 aromatic heterocycles. The number of anilines is 1. The van der Waals surface area contributed by atoms with Crippen LogP contribution < -0.4 is 10.2 Å². The van der Waals surface area contributed by atoms with Crippen molar-refractivity contribution < 1.29 is 14.0 Å². The van der Waals surface area contributed by atoms with Crippen LogP contribution in [0.5, 0.6) is 0 Å². The molecule has 4 nitrogen and oxygen atoms in total. The molecule has 0 fully saturated rings. The van der Waals surface area contributed by atoms with E-state index in [9.17, 15) is 14.0 Å². The van der Waals surface area contributed by atoms with Crippen molar-refractivity contribution in [3.63, 3.8) is 0 Å².